The molecule has 0 aromatic rings. The van der Waals surface area contributed by atoms with Crippen molar-refractivity contribution in [3.05, 3.63) is 22.8 Å². The molecule has 1 unspecified atom stereocenters. The first-order valence-electron chi connectivity index (χ1n) is 4.44. The second-order valence-corrected chi connectivity index (χ2v) is 4.68. The van der Waals surface area contributed by atoms with Crippen molar-refractivity contribution in [1.29, 1.82) is 0 Å². The molecule has 0 radical (unpaired) electrons. The van der Waals surface area contributed by atoms with E-state index in [2.05, 4.69) is 0 Å². The Morgan fingerprint density at radius 3 is 2.92 bits per heavy atom. The van der Waals surface area contributed by atoms with Gasteiger partial charge in [0.2, 0.25) is 0 Å². The number of carbonyl (C=O) groups excluding carboxylic acids is 1. The maximum atomic E-state index is 11.3. The van der Waals surface area contributed by atoms with Gasteiger partial charge in [0.15, 0.2) is 5.78 Å². The first-order chi connectivity index (χ1) is 6.12. The van der Waals surface area contributed by atoms with Gasteiger partial charge in [-0.2, -0.15) is 0 Å². The van der Waals surface area contributed by atoms with Gasteiger partial charge in [0.05, 0.1) is 9.91 Å². The Hall–Kier alpha value is -0.270. The summed E-state index contributed by atoms with van der Waals surface area (Å²) < 4.78 is 0. The summed E-state index contributed by atoms with van der Waals surface area (Å²) in [5, 5.41) is 0.264. The molecule has 0 N–H and O–H groups in total. The third kappa shape index (κ3) is 1.55. The number of ketones is 1. The molecule has 2 aliphatic rings. The first-order valence-corrected chi connectivity index (χ1v) is 5.20. The van der Waals surface area contributed by atoms with Crippen molar-refractivity contribution in [1.82, 2.24) is 0 Å². The number of rotatable bonds is 0. The maximum absolute atomic E-state index is 11.3. The standard InChI is InChI=1S/C10H10Cl2O/c11-8-6-10(12)4-2-1-3-7(10)5-9(8)13/h5-6H,1-4H2. The average Bonchev–Trinajstić information content (AvgIpc) is 2.07. The molecule has 1 atom stereocenters. The van der Waals surface area contributed by atoms with Crippen LogP contribution in [0.5, 0.6) is 0 Å². The molecule has 0 spiro atoms. The van der Waals surface area contributed by atoms with Gasteiger partial charge >= 0.3 is 0 Å². The fraction of sp³-hybridized carbons (Fsp3) is 0.500. The molecule has 2 aliphatic carbocycles. The Morgan fingerprint density at radius 2 is 2.15 bits per heavy atom. The molecule has 2 rings (SSSR count). The minimum Gasteiger partial charge on any atom is -0.288 e. The summed E-state index contributed by atoms with van der Waals surface area (Å²) in [6, 6.07) is 0. The number of alkyl halides is 1. The molecule has 3 heteroatoms. The summed E-state index contributed by atoms with van der Waals surface area (Å²) in [7, 11) is 0. The van der Waals surface area contributed by atoms with Crippen LogP contribution in [0.4, 0.5) is 0 Å². The molecule has 1 saturated carbocycles. The predicted octanol–water partition coefficient (Wildman–Crippen LogP) is 3.17. The van der Waals surface area contributed by atoms with E-state index in [1.165, 1.54) is 0 Å². The van der Waals surface area contributed by atoms with Crippen LogP contribution < -0.4 is 0 Å². The summed E-state index contributed by atoms with van der Waals surface area (Å²) in [4.78, 5) is 10.8. The molecule has 1 fully saturated rings. The quantitative estimate of drug-likeness (QED) is 0.569. The van der Waals surface area contributed by atoms with E-state index in [4.69, 9.17) is 23.2 Å². The van der Waals surface area contributed by atoms with Crippen LogP contribution in [0.1, 0.15) is 25.7 Å². The second-order valence-electron chi connectivity index (χ2n) is 3.60. The Balaban J connectivity index is 2.39. The molecule has 0 amide bonds. The molecular weight excluding hydrogens is 207 g/mol. The summed E-state index contributed by atoms with van der Waals surface area (Å²) in [6.45, 7) is 0. The molecular formula is C10H10Cl2O. The van der Waals surface area contributed by atoms with Gasteiger partial charge in [-0.15, -0.1) is 11.6 Å². The zero-order valence-electron chi connectivity index (χ0n) is 7.15. The fourth-order valence-electron chi connectivity index (χ4n) is 1.92. The number of halogens is 2. The van der Waals surface area contributed by atoms with E-state index in [-0.39, 0.29) is 10.8 Å². The zero-order valence-corrected chi connectivity index (χ0v) is 8.66. The molecule has 0 bridgehead atoms. The lowest BCUT2D eigenvalue weighted by molar-refractivity contribution is -0.111. The Bertz CT molecular complexity index is 317. The van der Waals surface area contributed by atoms with Gasteiger partial charge in [0.1, 0.15) is 0 Å². The maximum Gasteiger partial charge on any atom is 0.196 e. The van der Waals surface area contributed by atoms with E-state index in [0.717, 1.165) is 31.3 Å². The van der Waals surface area contributed by atoms with Crippen molar-refractivity contribution in [3.8, 4) is 0 Å². The molecule has 0 heterocycles. The zero-order chi connectivity index (χ0) is 9.47. The van der Waals surface area contributed by atoms with Crippen LogP contribution in [-0.4, -0.2) is 10.7 Å². The smallest absolute Gasteiger partial charge is 0.196 e. The van der Waals surface area contributed by atoms with Crippen LogP contribution in [-0.2, 0) is 4.79 Å². The van der Waals surface area contributed by atoms with Gasteiger partial charge < -0.3 is 0 Å². The molecule has 1 nitrogen and oxygen atoms in total. The third-order valence-corrected chi connectivity index (χ3v) is 3.50. The van der Waals surface area contributed by atoms with Crippen molar-refractivity contribution in [3.63, 3.8) is 0 Å². The highest BCUT2D eigenvalue weighted by Crippen LogP contribution is 2.43. The van der Waals surface area contributed by atoms with E-state index in [9.17, 15) is 4.79 Å². The van der Waals surface area contributed by atoms with E-state index in [1.54, 1.807) is 12.2 Å². The van der Waals surface area contributed by atoms with Crippen molar-refractivity contribution < 1.29 is 4.79 Å². The summed E-state index contributed by atoms with van der Waals surface area (Å²) in [5.41, 5.74) is 1.04. The molecule has 70 valence electrons. The minimum atomic E-state index is -0.455. The number of carbonyl (C=O) groups is 1. The van der Waals surface area contributed by atoms with Crippen molar-refractivity contribution >= 4 is 29.0 Å². The molecule has 13 heavy (non-hydrogen) atoms. The molecule has 0 aliphatic heterocycles. The topological polar surface area (TPSA) is 17.1 Å². The van der Waals surface area contributed by atoms with Crippen LogP contribution in [0.15, 0.2) is 22.8 Å². The normalized spacial score (nSPS) is 33.5. The number of fused-ring (bicyclic) bond motifs is 1. The third-order valence-electron chi connectivity index (χ3n) is 2.67. The van der Waals surface area contributed by atoms with Gasteiger partial charge in [-0.25, -0.2) is 0 Å². The van der Waals surface area contributed by atoms with Crippen LogP contribution >= 0.6 is 23.2 Å². The largest absolute Gasteiger partial charge is 0.288 e. The number of hydrogen-bond acceptors (Lipinski definition) is 1. The fourth-order valence-corrected chi connectivity index (χ4v) is 2.61. The average molecular weight is 217 g/mol. The minimum absolute atomic E-state index is 0.102. The van der Waals surface area contributed by atoms with Gasteiger partial charge in [-0.05, 0) is 37.0 Å². The Morgan fingerprint density at radius 1 is 1.38 bits per heavy atom. The van der Waals surface area contributed by atoms with E-state index in [1.807, 2.05) is 0 Å². The van der Waals surface area contributed by atoms with Crippen LogP contribution in [0.2, 0.25) is 0 Å². The van der Waals surface area contributed by atoms with Crippen LogP contribution in [0.25, 0.3) is 0 Å². The monoisotopic (exact) mass is 216 g/mol. The number of allylic oxidation sites excluding steroid dienone is 4. The number of hydrogen-bond donors (Lipinski definition) is 0. The lowest BCUT2D eigenvalue weighted by atomic mass is 9.80. The highest BCUT2D eigenvalue weighted by molar-refractivity contribution is 6.46. The Kier molecular flexibility index (Phi) is 2.25. The summed E-state index contributed by atoms with van der Waals surface area (Å²) in [6.07, 6.45) is 7.36. The van der Waals surface area contributed by atoms with Crippen LogP contribution in [0.3, 0.4) is 0 Å². The van der Waals surface area contributed by atoms with Gasteiger partial charge in [0.25, 0.3) is 0 Å². The predicted molar refractivity (Wildman–Crippen MR) is 54.1 cm³/mol. The lowest BCUT2D eigenvalue weighted by Gasteiger charge is -2.33. The van der Waals surface area contributed by atoms with Crippen LogP contribution in [0, 0.1) is 0 Å². The second kappa shape index (κ2) is 3.14. The van der Waals surface area contributed by atoms with Crippen molar-refractivity contribution in [2.75, 3.05) is 0 Å². The highest BCUT2D eigenvalue weighted by Gasteiger charge is 2.36. The molecule has 0 aromatic carbocycles. The van der Waals surface area contributed by atoms with Gasteiger partial charge in [-0.3, -0.25) is 4.79 Å². The lowest BCUT2D eigenvalue weighted by Crippen LogP contribution is -2.29. The van der Waals surface area contributed by atoms with Crippen molar-refractivity contribution in [2.45, 2.75) is 30.6 Å². The van der Waals surface area contributed by atoms with E-state index < -0.39 is 4.87 Å². The van der Waals surface area contributed by atoms with Crippen molar-refractivity contribution in [2.24, 2.45) is 0 Å². The summed E-state index contributed by atoms with van der Waals surface area (Å²) >= 11 is 12.1. The first kappa shape index (κ1) is 9.29. The summed E-state index contributed by atoms with van der Waals surface area (Å²) in [5.74, 6) is -0.102. The highest BCUT2D eigenvalue weighted by atomic mass is 35.5. The van der Waals surface area contributed by atoms with E-state index >= 15 is 0 Å². The SMILES string of the molecule is O=C1C=C2CCCCC2(Cl)C=C1Cl. The molecule has 0 saturated heterocycles. The Labute approximate surface area is 87.4 Å². The van der Waals surface area contributed by atoms with Gasteiger partial charge in [-0.1, -0.05) is 18.0 Å². The van der Waals surface area contributed by atoms with E-state index in [0.29, 0.717) is 0 Å². The van der Waals surface area contributed by atoms with Gasteiger partial charge in [0, 0.05) is 0 Å². The molecule has 0 aromatic heterocycles.